The van der Waals surface area contributed by atoms with Crippen molar-refractivity contribution in [2.24, 2.45) is 5.10 Å². The number of hydrogen-bond acceptors (Lipinski definition) is 7. The quantitative estimate of drug-likeness (QED) is 0.168. The molecule has 0 unspecified atom stereocenters. The fourth-order valence-electron chi connectivity index (χ4n) is 5.18. The number of rotatable bonds is 11. The molecule has 0 fully saturated rings. The number of carbonyl (C=O) groups is 2. The van der Waals surface area contributed by atoms with Gasteiger partial charge >= 0.3 is 0 Å². The summed E-state index contributed by atoms with van der Waals surface area (Å²) in [6.07, 6.45) is 1.27. The molecule has 2 amide bonds. The number of aryl methyl sites for hydroxylation is 2. The zero-order chi connectivity index (χ0) is 31.2. The summed E-state index contributed by atoms with van der Waals surface area (Å²) in [6.45, 7) is 2.71. The summed E-state index contributed by atoms with van der Waals surface area (Å²) in [4.78, 5) is 27.5. The molecule has 11 heteroatoms. The van der Waals surface area contributed by atoms with Crippen molar-refractivity contribution >= 4 is 40.6 Å². The monoisotopic (exact) mass is 638 g/mol. The Bertz CT molecular complexity index is 1810. The van der Waals surface area contributed by atoms with Crippen molar-refractivity contribution in [1.29, 1.82) is 0 Å². The van der Waals surface area contributed by atoms with E-state index < -0.39 is 0 Å². The molecular formula is C34H31FN6O2S2. The largest absolute Gasteiger partial charge is 0.345 e. The first-order valence-corrected chi connectivity index (χ1v) is 16.4. The average Bonchev–Trinajstić information content (AvgIpc) is 3.83. The number of halogens is 1. The topological polar surface area (TPSA) is 92.5 Å². The minimum Gasteiger partial charge on any atom is -0.345 e. The van der Waals surface area contributed by atoms with Crippen LogP contribution in [-0.2, 0) is 24.3 Å². The lowest BCUT2D eigenvalue weighted by Crippen LogP contribution is -2.28. The second-order valence-corrected chi connectivity index (χ2v) is 12.6. The maximum absolute atomic E-state index is 13.7. The molecule has 1 aliphatic rings. The molecule has 0 bridgehead atoms. The Balaban J connectivity index is 1.19. The lowest BCUT2D eigenvalue weighted by atomic mass is 10.0. The summed E-state index contributed by atoms with van der Waals surface area (Å²) >= 11 is 2.86. The van der Waals surface area contributed by atoms with Gasteiger partial charge in [0.25, 0.3) is 11.8 Å². The Hall–Kier alpha value is -4.61. The second-order valence-electron chi connectivity index (χ2n) is 10.7. The SMILES string of the molecule is Cc1cccc(C(=O)NCc2nnc(SCC(=O)N3N=C(c4cccs4)C[C@H]3c3ccc(F)cc3)n2CCc2ccccc2)c1. The van der Waals surface area contributed by atoms with Crippen LogP contribution in [0.1, 0.15) is 50.2 Å². The van der Waals surface area contributed by atoms with Crippen molar-refractivity contribution in [1.82, 2.24) is 25.1 Å². The number of hydrazone groups is 1. The number of hydrogen-bond donors (Lipinski definition) is 1. The molecule has 45 heavy (non-hydrogen) atoms. The molecule has 0 radical (unpaired) electrons. The normalized spacial score (nSPS) is 14.4. The van der Waals surface area contributed by atoms with Crippen molar-refractivity contribution in [2.45, 2.75) is 44.1 Å². The van der Waals surface area contributed by atoms with Gasteiger partial charge in [0, 0.05) is 18.5 Å². The fourth-order valence-corrected chi connectivity index (χ4v) is 6.74. The molecule has 1 N–H and O–H groups in total. The number of benzene rings is 3. The molecule has 0 spiro atoms. The summed E-state index contributed by atoms with van der Waals surface area (Å²) in [5, 5.41) is 20.6. The first kappa shape index (κ1) is 30.4. The summed E-state index contributed by atoms with van der Waals surface area (Å²) in [5.74, 6) is -0.0257. The lowest BCUT2D eigenvalue weighted by molar-refractivity contribution is -0.130. The van der Waals surface area contributed by atoms with E-state index in [9.17, 15) is 14.0 Å². The van der Waals surface area contributed by atoms with Gasteiger partial charge < -0.3 is 9.88 Å². The Morgan fingerprint density at radius 3 is 2.58 bits per heavy atom. The standard InChI is InChI=1S/C34H31FN6O2S2/c1-23-7-5-10-26(19-23)33(43)36-21-31-37-38-34(40(31)17-16-24-8-3-2-4-9-24)45-22-32(42)41-29(25-12-14-27(35)15-13-25)20-28(39-41)30-11-6-18-44-30/h2-15,18-19,29H,16-17,20-22H2,1H3,(H,36,43)/t29-/m0/s1. The van der Waals surface area contributed by atoms with E-state index in [2.05, 4.69) is 27.6 Å². The molecule has 2 aromatic heterocycles. The van der Waals surface area contributed by atoms with Gasteiger partial charge in [0.1, 0.15) is 5.82 Å². The number of aromatic nitrogens is 3. The van der Waals surface area contributed by atoms with Crippen molar-refractivity contribution in [3.05, 3.63) is 135 Å². The predicted octanol–water partition coefficient (Wildman–Crippen LogP) is 6.43. The van der Waals surface area contributed by atoms with Crippen LogP contribution in [0.3, 0.4) is 0 Å². The molecule has 3 aromatic carbocycles. The summed E-state index contributed by atoms with van der Waals surface area (Å²) in [5.41, 5.74) is 4.39. The van der Waals surface area contributed by atoms with Crippen molar-refractivity contribution < 1.29 is 14.0 Å². The summed E-state index contributed by atoms with van der Waals surface area (Å²) < 4.78 is 15.7. The second kappa shape index (κ2) is 14.0. The minimum atomic E-state index is -0.334. The molecule has 1 atom stereocenters. The van der Waals surface area contributed by atoms with Gasteiger partial charge in [0.2, 0.25) is 0 Å². The molecule has 3 heterocycles. The molecule has 0 aliphatic carbocycles. The van der Waals surface area contributed by atoms with E-state index in [-0.39, 0.29) is 36.0 Å². The van der Waals surface area contributed by atoms with Crippen LogP contribution < -0.4 is 5.32 Å². The molecule has 228 valence electrons. The minimum absolute atomic E-state index is 0.0814. The lowest BCUT2D eigenvalue weighted by Gasteiger charge is -2.22. The summed E-state index contributed by atoms with van der Waals surface area (Å²) in [6, 6.07) is 27.3. The smallest absolute Gasteiger partial charge is 0.253 e. The molecule has 0 saturated carbocycles. The molecule has 1 aliphatic heterocycles. The van der Waals surface area contributed by atoms with E-state index >= 15 is 0 Å². The van der Waals surface area contributed by atoms with E-state index in [0.29, 0.717) is 29.5 Å². The van der Waals surface area contributed by atoms with Gasteiger partial charge in [-0.15, -0.1) is 21.5 Å². The van der Waals surface area contributed by atoms with Crippen molar-refractivity contribution in [3.63, 3.8) is 0 Å². The van der Waals surface area contributed by atoms with Crippen LogP contribution in [0.2, 0.25) is 0 Å². The van der Waals surface area contributed by atoms with Gasteiger partial charge in [-0.25, -0.2) is 9.40 Å². The third-order valence-electron chi connectivity index (χ3n) is 7.50. The summed E-state index contributed by atoms with van der Waals surface area (Å²) in [7, 11) is 0. The first-order chi connectivity index (χ1) is 21.9. The zero-order valence-corrected chi connectivity index (χ0v) is 26.2. The number of nitrogens with zero attached hydrogens (tertiary/aromatic N) is 5. The van der Waals surface area contributed by atoms with Gasteiger partial charge in [-0.05, 0) is 60.2 Å². The third-order valence-corrected chi connectivity index (χ3v) is 9.37. The molecule has 5 aromatic rings. The van der Waals surface area contributed by atoms with E-state index in [1.165, 1.54) is 28.9 Å². The number of amides is 2. The fraction of sp³-hybridized carbons (Fsp3) is 0.206. The van der Waals surface area contributed by atoms with E-state index in [0.717, 1.165) is 33.7 Å². The van der Waals surface area contributed by atoms with Gasteiger partial charge in [0.05, 0.1) is 28.9 Å². The van der Waals surface area contributed by atoms with Crippen LogP contribution in [0.4, 0.5) is 4.39 Å². The molecule has 0 saturated heterocycles. The number of thioether (sulfide) groups is 1. The molecule has 6 rings (SSSR count). The Morgan fingerprint density at radius 2 is 1.82 bits per heavy atom. The number of nitrogens with one attached hydrogen (secondary N) is 1. The van der Waals surface area contributed by atoms with Crippen LogP contribution in [-0.4, -0.2) is 43.1 Å². The highest BCUT2D eigenvalue weighted by molar-refractivity contribution is 7.99. The highest BCUT2D eigenvalue weighted by Crippen LogP contribution is 2.34. The van der Waals surface area contributed by atoms with E-state index in [1.54, 1.807) is 29.5 Å². The highest BCUT2D eigenvalue weighted by atomic mass is 32.2. The third kappa shape index (κ3) is 7.38. The Labute approximate surface area is 269 Å². The van der Waals surface area contributed by atoms with Crippen LogP contribution >= 0.6 is 23.1 Å². The van der Waals surface area contributed by atoms with E-state index in [1.807, 2.05) is 65.4 Å². The number of carbonyl (C=O) groups excluding carboxylic acids is 2. The van der Waals surface area contributed by atoms with Crippen LogP contribution in [0.15, 0.2) is 107 Å². The zero-order valence-electron chi connectivity index (χ0n) is 24.6. The van der Waals surface area contributed by atoms with Gasteiger partial charge in [0.15, 0.2) is 11.0 Å². The first-order valence-electron chi connectivity index (χ1n) is 14.6. The maximum Gasteiger partial charge on any atom is 0.253 e. The maximum atomic E-state index is 13.7. The molecule has 8 nitrogen and oxygen atoms in total. The van der Waals surface area contributed by atoms with E-state index in [4.69, 9.17) is 5.10 Å². The van der Waals surface area contributed by atoms with Crippen molar-refractivity contribution in [3.8, 4) is 0 Å². The average molecular weight is 639 g/mol. The van der Waals surface area contributed by atoms with Gasteiger partial charge in [-0.2, -0.15) is 5.10 Å². The van der Waals surface area contributed by atoms with Gasteiger partial charge in [-0.1, -0.05) is 78.0 Å². The Morgan fingerprint density at radius 1 is 1.00 bits per heavy atom. The van der Waals surface area contributed by atoms with Gasteiger partial charge in [-0.3, -0.25) is 9.59 Å². The van der Waals surface area contributed by atoms with Crippen LogP contribution in [0, 0.1) is 12.7 Å². The Kier molecular flexibility index (Phi) is 9.46. The highest BCUT2D eigenvalue weighted by Gasteiger charge is 2.33. The van der Waals surface area contributed by atoms with Crippen LogP contribution in [0.5, 0.6) is 0 Å². The predicted molar refractivity (Wildman–Crippen MR) is 175 cm³/mol. The van der Waals surface area contributed by atoms with Crippen LogP contribution in [0.25, 0.3) is 0 Å². The number of thiophene rings is 1. The molecular weight excluding hydrogens is 608 g/mol. The van der Waals surface area contributed by atoms with Crippen molar-refractivity contribution in [2.75, 3.05) is 5.75 Å².